The molecular formula is C20H41ClN2O. The molecule has 0 aromatic carbocycles. The van der Waals surface area contributed by atoms with Crippen molar-refractivity contribution in [2.75, 3.05) is 32.7 Å². The van der Waals surface area contributed by atoms with Crippen molar-refractivity contribution in [1.29, 1.82) is 0 Å². The molecule has 0 fully saturated rings. The van der Waals surface area contributed by atoms with Gasteiger partial charge in [0.25, 0.3) is 0 Å². The molecule has 0 aliphatic heterocycles. The highest BCUT2D eigenvalue weighted by Gasteiger charge is 2.25. The van der Waals surface area contributed by atoms with Crippen LogP contribution in [0, 0.1) is 0 Å². The molecule has 0 saturated heterocycles. The highest BCUT2D eigenvalue weighted by atomic mass is 35.5. The maximum atomic E-state index is 11.5. The van der Waals surface area contributed by atoms with E-state index in [2.05, 4.69) is 32.7 Å². The quantitative estimate of drug-likeness (QED) is 0.269. The van der Waals surface area contributed by atoms with Crippen LogP contribution in [0.1, 0.15) is 79.1 Å². The molecule has 0 spiro atoms. The molecule has 0 aromatic rings. The minimum Gasteiger partial charge on any atom is -1.00 e. The largest absolute Gasteiger partial charge is 1.00 e. The van der Waals surface area contributed by atoms with E-state index >= 15 is 0 Å². The molecule has 0 atom stereocenters. The van der Waals surface area contributed by atoms with Crippen LogP contribution in [-0.2, 0) is 4.79 Å². The summed E-state index contributed by atoms with van der Waals surface area (Å²) in [6.45, 7) is 18.3. The van der Waals surface area contributed by atoms with Crippen LogP contribution in [0.2, 0.25) is 0 Å². The summed E-state index contributed by atoms with van der Waals surface area (Å²) >= 11 is 0. The van der Waals surface area contributed by atoms with Gasteiger partial charge in [-0.15, -0.1) is 0 Å². The first-order valence-corrected chi connectivity index (χ1v) is 9.80. The van der Waals surface area contributed by atoms with Gasteiger partial charge in [0, 0.05) is 12.1 Å². The van der Waals surface area contributed by atoms with E-state index in [4.69, 9.17) is 0 Å². The van der Waals surface area contributed by atoms with Gasteiger partial charge in [-0.2, -0.15) is 0 Å². The molecule has 0 heterocycles. The Kier molecular flexibility index (Phi) is 17.1. The van der Waals surface area contributed by atoms with Gasteiger partial charge in [-0.05, 0) is 39.0 Å². The Morgan fingerprint density at radius 1 is 0.833 bits per heavy atom. The van der Waals surface area contributed by atoms with Gasteiger partial charge >= 0.3 is 0 Å². The van der Waals surface area contributed by atoms with Gasteiger partial charge in [0.15, 0.2) is 0 Å². The summed E-state index contributed by atoms with van der Waals surface area (Å²) in [5, 5.41) is 2.95. The van der Waals surface area contributed by atoms with E-state index in [1.807, 2.05) is 0 Å². The predicted octanol–water partition coefficient (Wildman–Crippen LogP) is 1.68. The maximum Gasteiger partial charge on any atom is 0.246 e. The van der Waals surface area contributed by atoms with Gasteiger partial charge in [-0.25, -0.2) is 0 Å². The van der Waals surface area contributed by atoms with Crippen molar-refractivity contribution in [2.45, 2.75) is 79.1 Å². The van der Waals surface area contributed by atoms with Crippen LogP contribution in [0.25, 0.3) is 0 Å². The highest BCUT2D eigenvalue weighted by Crippen LogP contribution is 2.16. The molecule has 0 aliphatic carbocycles. The van der Waals surface area contributed by atoms with E-state index < -0.39 is 0 Å². The minimum atomic E-state index is -0.00583. The number of quaternary nitrogens is 1. The zero-order valence-electron chi connectivity index (χ0n) is 16.6. The van der Waals surface area contributed by atoms with Crippen molar-refractivity contribution >= 4 is 5.91 Å². The first kappa shape index (κ1) is 25.7. The number of carbonyl (C=O) groups excluding carboxylic acids is 1. The lowest BCUT2D eigenvalue weighted by Crippen LogP contribution is -3.00. The Bertz CT molecular complexity index is 310. The summed E-state index contributed by atoms with van der Waals surface area (Å²) < 4.78 is 1.30. The normalized spacial score (nSPS) is 11.0. The van der Waals surface area contributed by atoms with Crippen molar-refractivity contribution in [3.63, 3.8) is 0 Å². The summed E-state index contributed by atoms with van der Waals surface area (Å²) in [5.74, 6) is -0.00583. The third-order valence-electron chi connectivity index (χ3n) is 4.69. The minimum absolute atomic E-state index is 0. The van der Waals surface area contributed by atoms with Crippen molar-refractivity contribution in [3.8, 4) is 0 Å². The third-order valence-corrected chi connectivity index (χ3v) is 4.69. The zero-order chi connectivity index (χ0) is 17.6. The number of hydrogen-bond acceptors (Lipinski definition) is 1. The fraction of sp³-hybridized carbons (Fsp3) is 0.850. The summed E-state index contributed by atoms with van der Waals surface area (Å²) in [6, 6.07) is 0. The number of halogens is 1. The van der Waals surface area contributed by atoms with E-state index in [1.54, 1.807) is 6.92 Å². The molecule has 0 unspecified atom stereocenters. The van der Waals surface area contributed by atoms with E-state index in [0.29, 0.717) is 5.57 Å². The summed E-state index contributed by atoms with van der Waals surface area (Å²) in [7, 11) is 0. The number of unbranched alkanes of at least 4 members (excludes halogenated alkanes) is 4. The van der Waals surface area contributed by atoms with Crippen LogP contribution in [0.15, 0.2) is 12.2 Å². The molecule has 0 saturated carbocycles. The number of carbonyl (C=O) groups is 1. The molecule has 0 aromatic heterocycles. The van der Waals surface area contributed by atoms with Crippen molar-refractivity contribution in [3.05, 3.63) is 12.2 Å². The Balaban J connectivity index is 0. The topological polar surface area (TPSA) is 29.1 Å². The lowest BCUT2D eigenvalue weighted by Gasteiger charge is -2.39. The number of rotatable bonds is 15. The lowest BCUT2D eigenvalue weighted by molar-refractivity contribution is -0.929. The standard InChI is InChI=1S/C20H40N2O.ClH/c1-6-9-15-22(16-10-7-2,17-11-8-3)18-13-12-14-21-20(23)19(4)5;/h4,6-18H2,1-3,5H3;1H. The molecule has 144 valence electrons. The van der Waals surface area contributed by atoms with Crippen LogP contribution in [-0.4, -0.2) is 43.1 Å². The molecule has 1 N–H and O–H groups in total. The van der Waals surface area contributed by atoms with Gasteiger partial charge in [0.1, 0.15) is 0 Å². The predicted molar refractivity (Wildman–Crippen MR) is 102 cm³/mol. The first-order valence-electron chi connectivity index (χ1n) is 9.80. The maximum absolute atomic E-state index is 11.5. The molecular weight excluding hydrogens is 320 g/mol. The molecule has 1 amide bonds. The molecule has 0 radical (unpaired) electrons. The molecule has 3 nitrogen and oxygen atoms in total. The molecule has 24 heavy (non-hydrogen) atoms. The Labute approximate surface area is 157 Å². The second-order valence-electron chi connectivity index (χ2n) is 7.04. The zero-order valence-corrected chi connectivity index (χ0v) is 17.4. The average Bonchev–Trinajstić information content (AvgIpc) is 2.55. The Morgan fingerprint density at radius 2 is 1.25 bits per heavy atom. The van der Waals surface area contributed by atoms with Crippen LogP contribution in [0.4, 0.5) is 0 Å². The number of nitrogens with zero attached hydrogens (tertiary/aromatic N) is 1. The van der Waals surface area contributed by atoms with Gasteiger partial charge in [-0.3, -0.25) is 4.79 Å². The number of hydrogen-bond donors (Lipinski definition) is 1. The fourth-order valence-corrected chi connectivity index (χ4v) is 3.08. The molecule has 0 rings (SSSR count). The van der Waals surface area contributed by atoms with Gasteiger partial charge in [0.05, 0.1) is 26.2 Å². The lowest BCUT2D eigenvalue weighted by atomic mass is 10.1. The second-order valence-corrected chi connectivity index (χ2v) is 7.04. The van der Waals surface area contributed by atoms with Crippen molar-refractivity contribution < 1.29 is 21.7 Å². The third kappa shape index (κ3) is 11.9. The highest BCUT2D eigenvalue weighted by molar-refractivity contribution is 5.91. The molecule has 0 bridgehead atoms. The van der Waals surface area contributed by atoms with E-state index in [-0.39, 0.29) is 18.3 Å². The summed E-state index contributed by atoms with van der Waals surface area (Å²) in [6.07, 6.45) is 10.1. The monoisotopic (exact) mass is 360 g/mol. The van der Waals surface area contributed by atoms with E-state index in [9.17, 15) is 4.79 Å². The number of nitrogens with one attached hydrogen (secondary N) is 1. The first-order chi connectivity index (χ1) is 11.0. The van der Waals surface area contributed by atoms with Crippen LogP contribution in [0.3, 0.4) is 0 Å². The molecule has 4 heteroatoms. The van der Waals surface area contributed by atoms with E-state index in [1.165, 1.54) is 75.6 Å². The SMILES string of the molecule is C=C(C)C(=O)NCCCC[N+](CCCC)(CCCC)CCCC.[Cl-]. The Hall–Kier alpha value is -0.540. The average molecular weight is 361 g/mol. The summed E-state index contributed by atoms with van der Waals surface area (Å²) in [5.41, 5.74) is 0.601. The van der Waals surface area contributed by atoms with Gasteiger partial charge in [0.2, 0.25) is 5.91 Å². The van der Waals surface area contributed by atoms with Crippen molar-refractivity contribution in [1.82, 2.24) is 5.32 Å². The Morgan fingerprint density at radius 3 is 1.62 bits per heavy atom. The van der Waals surface area contributed by atoms with Crippen molar-refractivity contribution in [2.24, 2.45) is 0 Å². The van der Waals surface area contributed by atoms with E-state index in [0.717, 1.165) is 13.0 Å². The fourth-order valence-electron chi connectivity index (χ4n) is 3.08. The van der Waals surface area contributed by atoms with Crippen LogP contribution >= 0.6 is 0 Å². The second kappa shape index (κ2) is 16.0. The summed E-state index contributed by atoms with van der Waals surface area (Å²) in [4.78, 5) is 11.5. The number of amides is 1. The molecule has 0 aliphatic rings. The van der Waals surface area contributed by atoms with Crippen LogP contribution in [0.5, 0.6) is 0 Å². The van der Waals surface area contributed by atoms with Gasteiger partial charge < -0.3 is 22.2 Å². The van der Waals surface area contributed by atoms with Crippen LogP contribution < -0.4 is 17.7 Å². The smallest absolute Gasteiger partial charge is 0.246 e. The van der Waals surface area contributed by atoms with Gasteiger partial charge in [-0.1, -0.05) is 46.6 Å².